The number of nitriles is 1. The maximum Gasteiger partial charge on any atom is 0.251 e. The van der Waals surface area contributed by atoms with Crippen LogP contribution in [-0.2, 0) is 4.74 Å². The summed E-state index contributed by atoms with van der Waals surface area (Å²) in [5.41, 5.74) is 0.354. The SMILES string of the molecule is N#Cc1cccc(N2CCCOC(CNC(=O)c3cc[nH]c(=O)c3)C2)n1. The molecule has 8 nitrogen and oxygen atoms in total. The van der Waals surface area contributed by atoms with Gasteiger partial charge in [0.25, 0.3) is 5.91 Å². The van der Waals surface area contributed by atoms with Gasteiger partial charge in [-0.3, -0.25) is 9.59 Å². The molecule has 1 saturated heterocycles. The molecule has 2 N–H and O–H groups in total. The van der Waals surface area contributed by atoms with E-state index in [4.69, 9.17) is 10.00 Å². The zero-order chi connectivity index (χ0) is 18.4. The lowest BCUT2D eigenvalue weighted by Crippen LogP contribution is -2.40. The van der Waals surface area contributed by atoms with Crippen LogP contribution >= 0.6 is 0 Å². The maximum atomic E-state index is 12.2. The van der Waals surface area contributed by atoms with Gasteiger partial charge in [-0.25, -0.2) is 4.98 Å². The predicted molar refractivity (Wildman–Crippen MR) is 94.9 cm³/mol. The fraction of sp³-hybridized carbons (Fsp3) is 0.333. The lowest BCUT2D eigenvalue weighted by Gasteiger charge is -2.25. The molecule has 134 valence electrons. The Bertz CT molecular complexity index is 873. The minimum atomic E-state index is -0.321. The van der Waals surface area contributed by atoms with Crippen molar-refractivity contribution >= 4 is 11.7 Å². The Hall–Kier alpha value is -3.18. The lowest BCUT2D eigenvalue weighted by atomic mass is 10.2. The van der Waals surface area contributed by atoms with Gasteiger partial charge in [-0.05, 0) is 24.6 Å². The molecule has 8 heteroatoms. The largest absolute Gasteiger partial charge is 0.374 e. The molecule has 3 heterocycles. The number of pyridine rings is 2. The summed E-state index contributed by atoms with van der Waals surface area (Å²) < 4.78 is 5.80. The molecular formula is C18H19N5O3. The number of carbonyl (C=O) groups is 1. The molecule has 0 aromatic carbocycles. The van der Waals surface area contributed by atoms with Crippen molar-refractivity contribution in [2.24, 2.45) is 0 Å². The minimum Gasteiger partial charge on any atom is -0.374 e. The highest BCUT2D eigenvalue weighted by atomic mass is 16.5. The Labute approximate surface area is 150 Å². The van der Waals surface area contributed by atoms with E-state index in [2.05, 4.69) is 20.2 Å². The minimum absolute atomic E-state index is 0.212. The van der Waals surface area contributed by atoms with Gasteiger partial charge in [0.1, 0.15) is 17.6 Å². The van der Waals surface area contributed by atoms with E-state index in [0.29, 0.717) is 31.0 Å². The van der Waals surface area contributed by atoms with E-state index in [1.165, 1.54) is 12.3 Å². The molecule has 0 spiro atoms. The van der Waals surface area contributed by atoms with Gasteiger partial charge in [0, 0.05) is 44.1 Å². The standard InChI is InChI=1S/C18H19N5O3/c19-10-14-3-1-4-16(22-14)23-7-2-8-26-15(12-23)11-21-18(25)13-5-6-20-17(24)9-13/h1,3-6,9,15H,2,7-8,11-12H2,(H,20,24)(H,21,25). The number of aromatic nitrogens is 2. The van der Waals surface area contributed by atoms with Gasteiger partial charge in [0.2, 0.25) is 5.56 Å². The molecule has 1 aliphatic rings. The molecule has 0 bridgehead atoms. The fourth-order valence-corrected chi connectivity index (χ4v) is 2.78. The van der Waals surface area contributed by atoms with Gasteiger partial charge in [-0.1, -0.05) is 6.07 Å². The Morgan fingerprint density at radius 2 is 2.35 bits per heavy atom. The topological polar surface area (TPSA) is 111 Å². The second-order valence-corrected chi connectivity index (χ2v) is 5.94. The Morgan fingerprint density at radius 1 is 1.46 bits per heavy atom. The first-order valence-electron chi connectivity index (χ1n) is 8.36. The summed E-state index contributed by atoms with van der Waals surface area (Å²) >= 11 is 0. The average molecular weight is 353 g/mol. The van der Waals surface area contributed by atoms with Crippen LogP contribution in [0.2, 0.25) is 0 Å². The van der Waals surface area contributed by atoms with Crippen LogP contribution in [-0.4, -0.2) is 48.2 Å². The number of anilines is 1. The van der Waals surface area contributed by atoms with Crippen LogP contribution in [0.4, 0.5) is 5.82 Å². The maximum absolute atomic E-state index is 12.2. The van der Waals surface area contributed by atoms with Crippen LogP contribution in [0.3, 0.4) is 0 Å². The summed E-state index contributed by atoms with van der Waals surface area (Å²) in [6, 6.07) is 10.2. The normalized spacial score (nSPS) is 17.2. The quantitative estimate of drug-likeness (QED) is 0.836. The molecule has 2 aromatic heterocycles. The van der Waals surface area contributed by atoms with E-state index >= 15 is 0 Å². The van der Waals surface area contributed by atoms with Crippen molar-refractivity contribution in [1.82, 2.24) is 15.3 Å². The highest BCUT2D eigenvalue weighted by Gasteiger charge is 2.21. The predicted octanol–water partition coefficient (Wildman–Crippen LogP) is 0.667. The van der Waals surface area contributed by atoms with Gasteiger partial charge < -0.3 is 19.9 Å². The van der Waals surface area contributed by atoms with Gasteiger partial charge >= 0.3 is 0 Å². The Balaban J connectivity index is 1.63. The number of nitrogens with zero attached hydrogens (tertiary/aromatic N) is 3. The van der Waals surface area contributed by atoms with Crippen molar-refractivity contribution in [3.05, 3.63) is 58.1 Å². The Morgan fingerprint density at radius 3 is 3.15 bits per heavy atom. The molecule has 2 aromatic rings. The van der Waals surface area contributed by atoms with Gasteiger partial charge in [0.05, 0.1) is 6.10 Å². The van der Waals surface area contributed by atoms with E-state index in [-0.39, 0.29) is 17.6 Å². The first-order chi connectivity index (χ1) is 12.7. The van der Waals surface area contributed by atoms with Crippen LogP contribution in [0.1, 0.15) is 22.5 Å². The lowest BCUT2D eigenvalue weighted by molar-refractivity contribution is 0.0639. The number of nitrogens with one attached hydrogen (secondary N) is 2. The van der Waals surface area contributed by atoms with Crippen LogP contribution in [0.5, 0.6) is 0 Å². The van der Waals surface area contributed by atoms with Crippen molar-refractivity contribution in [3.63, 3.8) is 0 Å². The second-order valence-electron chi connectivity index (χ2n) is 5.94. The number of H-pyrrole nitrogens is 1. The van der Waals surface area contributed by atoms with Crippen LogP contribution in [0.15, 0.2) is 41.3 Å². The molecule has 0 saturated carbocycles. The number of aromatic amines is 1. The third kappa shape index (κ3) is 4.46. The van der Waals surface area contributed by atoms with Crippen molar-refractivity contribution in [2.75, 3.05) is 31.1 Å². The fourth-order valence-electron chi connectivity index (χ4n) is 2.78. The smallest absolute Gasteiger partial charge is 0.251 e. The van der Waals surface area contributed by atoms with E-state index in [0.717, 1.165) is 18.8 Å². The van der Waals surface area contributed by atoms with E-state index in [9.17, 15) is 9.59 Å². The Kier molecular flexibility index (Phi) is 5.61. The third-order valence-corrected chi connectivity index (χ3v) is 4.05. The molecule has 0 aliphatic carbocycles. The number of hydrogen-bond donors (Lipinski definition) is 2. The number of rotatable bonds is 4. The summed E-state index contributed by atoms with van der Waals surface area (Å²) in [7, 11) is 0. The molecular weight excluding hydrogens is 334 g/mol. The highest BCUT2D eigenvalue weighted by Crippen LogP contribution is 2.15. The molecule has 1 atom stereocenters. The first kappa shape index (κ1) is 17.6. The molecule has 0 radical (unpaired) electrons. The summed E-state index contributed by atoms with van der Waals surface area (Å²) in [5.74, 6) is 0.403. The molecule has 1 fully saturated rings. The van der Waals surface area contributed by atoms with E-state index in [1.807, 2.05) is 12.1 Å². The van der Waals surface area contributed by atoms with Crippen molar-refractivity contribution in [1.29, 1.82) is 5.26 Å². The number of hydrogen-bond acceptors (Lipinski definition) is 6. The molecule has 3 rings (SSSR count). The van der Waals surface area contributed by atoms with Crippen molar-refractivity contribution in [3.8, 4) is 6.07 Å². The number of amides is 1. The molecule has 1 unspecified atom stereocenters. The van der Waals surface area contributed by atoms with Crippen LogP contribution in [0, 0.1) is 11.3 Å². The summed E-state index contributed by atoms with van der Waals surface area (Å²) in [4.78, 5) is 32.3. The van der Waals surface area contributed by atoms with E-state index in [1.54, 1.807) is 18.2 Å². The molecule has 1 amide bonds. The van der Waals surface area contributed by atoms with Crippen LogP contribution < -0.4 is 15.8 Å². The van der Waals surface area contributed by atoms with E-state index < -0.39 is 0 Å². The first-order valence-corrected chi connectivity index (χ1v) is 8.36. The average Bonchev–Trinajstić information content (AvgIpc) is 2.92. The summed E-state index contributed by atoms with van der Waals surface area (Å²) in [6.45, 7) is 2.22. The third-order valence-electron chi connectivity index (χ3n) is 4.05. The van der Waals surface area contributed by atoms with Gasteiger partial charge in [0.15, 0.2) is 0 Å². The van der Waals surface area contributed by atoms with Crippen LogP contribution in [0.25, 0.3) is 0 Å². The van der Waals surface area contributed by atoms with Crippen molar-refractivity contribution < 1.29 is 9.53 Å². The number of ether oxygens (including phenoxy) is 1. The summed E-state index contributed by atoms with van der Waals surface area (Å²) in [6.07, 6.45) is 2.06. The summed E-state index contributed by atoms with van der Waals surface area (Å²) in [5, 5.41) is 11.8. The van der Waals surface area contributed by atoms with Gasteiger partial charge in [-0.15, -0.1) is 0 Å². The molecule has 26 heavy (non-hydrogen) atoms. The van der Waals surface area contributed by atoms with Gasteiger partial charge in [-0.2, -0.15) is 5.26 Å². The molecule has 1 aliphatic heterocycles. The monoisotopic (exact) mass is 353 g/mol. The second kappa shape index (κ2) is 8.27. The van der Waals surface area contributed by atoms with Crippen molar-refractivity contribution in [2.45, 2.75) is 12.5 Å². The zero-order valence-corrected chi connectivity index (χ0v) is 14.1. The number of carbonyl (C=O) groups excluding carboxylic acids is 1. The zero-order valence-electron chi connectivity index (χ0n) is 14.1. The highest BCUT2D eigenvalue weighted by molar-refractivity contribution is 5.93.